The van der Waals surface area contributed by atoms with Crippen molar-refractivity contribution in [2.75, 3.05) is 31.1 Å². The van der Waals surface area contributed by atoms with E-state index in [1.807, 2.05) is 18.2 Å². The second-order valence-corrected chi connectivity index (χ2v) is 13.1. The Labute approximate surface area is 284 Å². The molecule has 47 heavy (non-hydrogen) atoms. The predicted molar refractivity (Wildman–Crippen MR) is 181 cm³/mol. The highest BCUT2D eigenvalue weighted by Crippen LogP contribution is 2.33. The number of nitrogens with zero attached hydrogens (tertiary/aromatic N) is 5. The van der Waals surface area contributed by atoms with Gasteiger partial charge in [-0.25, -0.2) is 14.8 Å². The number of aromatic hydroxyl groups is 1. The highest BCUT2D eigenvalue weighted by Gasteiger charge is 2.52. The molecule has 6 N–H and O–H groups in total. The van der Waals surface area contributed by atoms with Gasteiger partial charge in [0.15, 0.2) is 5.13 Å². The minimum Gasteiger partial charge on any atom is -0.506 e. The predicted octanol–water partition coefficient (Wildman–Crippen LogP) is 3.66. The Morgan fingerprint density at radius 1 is 1.13 bits per heavy atom. The number of anilines is 2. The van der Waals surface area contributed by atoms with E-state index in [2.05, 4.69) is 16.2 Å². The Balaban J connectivity index is 1.32. The van der Waals surface area contributed by atoms with E-state index in [1.54, 1.807) is 40.2 Å². The van der Waals surface area contributed by atoms with Crippen LogP contribution in [0.3, 0.4) is 0 Å². The van der Waals surface area contributed by atoms with Gasteiger partial charge in [-0.3, -0.25) is 9.59 Å². The van der Waals surface area contributed by atoms with E-state index in [1.165, 1.54) is 27.3 Å². The molecule has 2 saturated heterocycles. The highest BCUT2D eigenvalue weighted by molar-refractivity contribution is 7.22. The number of piperazine rings is 1. The molecule has 6 rings (SSSR count). The molecule has 15 heteroatoms. The molecule has 3 heterocycles. The molecular weight excluding hydrogens is 663 g/mol. The van der Waals surface area contributed by atoms with Gasteiger partial charge in [0.2, 0.25) is 11.8 Å². The molecule has 0 spiro atoms. The number of fused-ring (bicyclic) bond motifs is 2. The van der Waals surface area contributed by atoms with Gasteiger partial charge >= 0.3 is 6.03 Å². The third-order valence-electron chi connectivity index (χ3n) is 8.18. The molecule has 2 aliphatic rings. The average molecular weight is 694 g/mol. The van der Waals surface area contributed by atoms with Crippen molar-refractivity contribution in [2.24, 2.45) is 0 Å². The molecule has 1 aromatic heterocycles. The minimum absolute atomic E-state index is 0.0842. The number of carbonyl (C=O) groups excluding carboxylic acids is 3. The quantitative estimate of drug-likeness (QED) is 0.124. The molecular formula is C32H30Cl2N8O4S. The number of hydrogen-bond acceptors (Lipinski definition) is 9. The first-order valence-corrected chi connectivity index (χ1v) is 16.1. The summed E-state index contributed by atoms with van der Waals surface area (Å²) in [5, 5.41) is 16.9. The monoisotopic (exact) mass is 692 g/mol. The van der Waals surface area contributed by atoms with Crippen molar-refractivity contribution in [1.82, 2.24) is 30.1 Å². The molecule has 0 radical (unpaired) electrons. The zero-order valence-corrected chi connectivity index (χ0v) is 27.2. The lowest BCUT2D eigenvalue weighted by atomic mass is 9.99. The zero-order chi connectivity index (χ0) is 33.4. The van der Waals surface area contributed by atoms with Crippen molar-refractivity contribution in [3.63, 3.8) is 0 Å². The topological polar surface area (TPSA) is 161 Å². The van der Waals surface area contributed by atoms with Crippen molar-refractivity contribution in [2.45, 2.75) is 31.7 Å². The number of amides is 4. The molecule has 0 bridgehead atoms. The van der Waals surface area contributed by atoms with Crippen LogP contribution < -0.4 is 16.8 Å². The number of halogens is 2. The molecule has 0 unspecified atom stereocenters. The number of nitrogens with two attached hydrogens (primary N) is 2. The lowest BCUT2D eigenvalue weighted by molar-refractivity contribution is -0.157. The van der Waals surface area contributed by atoms with Crippen LogP contribution in [0.15, 0.2) is 54.6 Å². The zero-order valence-electron chi connectivity index (χ0n) is 24.9. The highest BCUT2D eigenvalue weighted by atomic mass is 35.5. The number of thiazole rings is 1. The van der Waals surface area contributed by atoms with Crippen LogP contribution in [0.25, 0.3) is 10.2 Å². The molecule has 242 valence electrons. The van der Waals surface area contributed by atoms with E-state index < -0.39 is 18.2 Å². The van der Waals surface area contributed by atoms with E-state index in [0.717, 1.165) is 10.3 Å². The van der Waals surface area contributed by atoms with E-state index in [0.29, 0.717) is 31.8 Å². The maximum Gasteiger partial charge on any atom is 0.333 e. The van der Waals surface area contributed by atoms with Crippen LogP contribution in [0.4, 0.5) is 15.6 Å². The number of hydrazine groups is 1. The summed E-state index contributed by atoms with van der Waals surface area (Å²) in [6.07, 6.45) is 5.11. The Bertz CT molecular complexity index is 1930. The van der Waals surface area contributed by atoms with Crippen LogP contribution in [0.5, 0.6) is 5.75 Å². The first-order chi connectivity index (χ1) is 22.5. The SMILES string of the molecule is C#CCN(C(=O)NCc1ccc(Cl)c(Cl)c1)N1CC(=O)N2[C@@H](Cc3ccc(O)c(N)c3)C(=O)N(Cc3cccc4sc(N)nc34)C[C@@H]21. The molecule has 2 atom stereocenters. The van der Waals surface area contributed by atoms with Crippen molar-refractivity contribution in [3.8, 4) is 18.1 Å². The van der Waals surface area contributed by atoms with Crippen molar-refractivity contribution in [1.29, 1.82) is 0 Å². The fraction of sp³-hybridized carbons (Fsp3) is 0.250. The molecule has 0 aliphatic carbocycles. The van der Waals surface area contributed by atoms with Gasteiger partial charge in [-0.2, -0.15) is 5.01 Å². The third-order valence-corrected chi connectivity index (χ3v) is 9.77. The average Bonchev–Trinajstić information content (AvgIpc) is 3.59. The van der Waals surface area contributed by atoms with Crippen LogP contribution in [-0.2, 0) is 29.1 Å². The fourth-order valence-electron chi connectivity index (χ4n) is 5.98. The summed E-state index contributed by atoms with van der Waals surface area (Å²) in [4.78, 5) is 49.2. The number of nitrogen functional groups attached to an aromatic ring is 2. The number of aromatic nitrogens is 1. The summed E-state index contributed by atoms with van der Waals surface area (Å²) < 4.78 is 0.888. The number of benzene rings is 3. The molecule has 4 amide bonds. The van der Waals surface area contributed by atoms with E-state index in [9.17, 15) is 19.5 Å². The standard InChI is InChI=1S/C32H30Cl2N8O4S/c1-2-10-40(32(46)37-14-19-6-8-21(33)22(34)11-19)41-17-28(44)42-24(13-18-7-9-25(43)23(35)12-18)30(45)39(16-27(41)42)15-20-4-3-5-26-29(20)38-31(36)47-26/h1,3-9,11-12,24,27,43H,10,13-17,35H2,(H2,36,38)(H,37,46)/t24-,27+/m0/s1. The Morgan fingerprint density at radius 2 is 1.91 bits per heavy atom. The van der Waals surface area contributed by atoms with Crippen molar-refractivity contribution >= 4 is 73.4 Å². The van der Waals surface area contributed by atoms with Crippen LogP contribution in [0, 0.1) is 12.3 Å². The van der Waals surface area contributed by atoms with Crippen LogP contribution in [-0.4, -0.2) is 79.6 Å². The van der Waals surface area contributed by atoms with E-state index in [-0.39, 0.29) is 62.4 Å². The lowest BCUT2D eigenvalue weighted by Gasteiger charge is -2.46. The molecule has 2 aliphatic heterocycles. The summed E-state index contributed by atoms with van der Waals surface area (Å²) in [7, 11) is 0. The molecule has 3 aromatic carbocycles. The van der Waals surface area contributed by atoms with Gasteiger partial charge in [-0.1, -0.05) is 64.7 Å². The summed E-state index contributed by atoms with van der Waals surface area (Å²) in [6.45, 7) is 0.104. The summed E-state index contributed by atoms with van der Waals surface area (Å²) in [5.74, 6) is 1.81. The Morgan fingerprint density at radius 3 is 2.66 bits per heavy atom. The molecule has 0 saturated carbocycles. The summed E-state index contributed by atoms with van der Waals surface area (Å²) in [6, 6.07) is 13.9. The second kappa shape index (κ2) is 13.2. The number of phenols is 1. The molecule has 2 fully saturated rings. The number of rotatable bonds is 8. The number of carbonyl (C=O) groups is 3. The molecule has 4 aromatic rings. The Kier molecular flexibility index (Phi) is 9.03. The van der Waals surface area contributed by atoms with E-state index >= 15 is 0 Å². The number of terminal acetylenes is 1. The smallest absolute Gasteiger partial charge is 0.333 e. The van der Waals surface area contributed by atoms with Crippen molar-refractivity contribution in [3.05, 3.63) is 81.3 Å². The fourth-order valence-corrected chi connectivity index (χ4v) is 7.09. The number of hydrogen-bond donors (Lipinski definition) is 4. The van der Waals surface area contributed by atoms with Crippen LogP contribution >= 0.6 is 34.5 Å². The molecule has 12 nitrogen and oxygen atoms in total. The lowest BCUT2D eigenvalue weighted by Crippen LogP contribution is -2.66. The number of nitrogens with one attached hydrogen (secondary N) is 1. The first kappa shape index (κ1) is 32.2. The maximum absolute atomic E-state index is 14.2. The van der Waals surface area contributed by atoms with Gasteiger partial charge in [0.25, 0.3) is 0 Å². The minimum atomic E-state index is -0.929. The number of para-hydroxylation sites is 1. The second-order valence-electron chi connectivity index (χ2n) is 11.2. The van der Waals surface area contributed by atoms with Gasteiger partial charge < -0.3 is 31.7 Å². The van der Waals surface area contributed by atoms with Gasteiger partial charge in [-0.05, 0) is 47.0 Å². The van der Waals surface area contributed by atoms with Gasteiger partial charge in [0.1, 0.15) is 18.0 Å². The van der Waals surface area contributed by atoms with Gasteiger partial charge in [0, 0.05) is 19.5 Å². The first-order valence-electron chi connectivity index (χ1n) is 14.5. The number of phenolic OH excluding ortho intramolecular Hbond substituents is 1. The Hall–Kier alpha value is -4.74. The van der Waals surface area contributed by atoms with Crippen LogP contribution in [0.2, 0.25) is 10.0 Å². The van der Waals surface area contributed by atoms with E-state index in [4.69, 9.17) is 41.1 Å². The van der Waals surface area contributed by atoms with Gasteiger partial charge in [-0.15, -0.1) is 6.42 Å². The third kappa shape index (κ3) is 6.45. The van der Waals surface area contributed by atoms with Crippen molar-refractivity contribution < 1.29 is 19.5 Å². The number of urea groups is 1. The summed E-state index contributed by atoms with van der Waals surface area (Å²) in [5.41, 5.74) is 15.0. The van der Waals surface area contributed by atoms with Crippen LogP contribution in [0.1, 0.15) is 16.7 Å². The maximum atomic E-state index is 14.2. The van der Waals surface area contributed by atoms with Gasteiger partial charge in [0.05, 0.1) is 45.6 Å². The normalized spacial score (nSPS) is 18.0. The summed E-state index contributed by atoms with van der Waals surface area (Å²) >= 11 is 13.5. The largest absolute Gasteiger partial charge is 0.506 e.